The quantitative estimate of drug-likeness (QED) is 0.710. The van der Waals surface area contributed by atoms with Gasteiger partial charge in [-0.1, -0.05) is 0 Å². The molecule has 1 amide bonds. The van der Waals surface area contributed by atoms with Crippen molar-refractivity contribution in [2.45, 2.75) is 44.8 Å². The van der Waals surface area contributed by atoms with Crippen molar-refractivity contribution < 1.29 is 9.53 Å². The zero-order chi connectivity index (χ0) is 13.4. The van der Waals surface area contributed by atoms with Crippen LogP contribution in [0.25, 0.3) is 0 Å². The first-order chi connectivity index (χ1) is 8.36. The number of amides is 1. The number of carbonyl (C=O) groups excluding carboxylic acids is 1. The van der Waals surface area contributed by atoms with Gasteiger partial charge in [-0.3, -0.25) is 4.90 Å². The van der Waals surface area contributed by atoms with Crippen molar-refractivity contribution in [2.24, 2.45) is 0 Å². The van der Waals surface area contributed by atoms with Crippen LogP contribution < -0.4 is 0 Å². The molecule has 2 saturated heterocycles. The molecule has 5 nitrogen and oxygen atoms in total. The highest BCUT2D eigenvalue weighted by molar-refractivity contribution is 5.70. The summed E-state index contributed by atoms with van der Waals surface area (Å²) in [6, 6.07) is 2.38. The van der Waals surface area contributed by atoms with Crippen molar-refractivity contribution in [1.29, 1.82) is 5.26 Å². The van der Waals surface area contributed by atoms with Crippen molar-refractivity contribution in [3.8, 4) is 6.07 Å². The van der Waals surface area contributed by atoms with Crippen LogP contribution >= 0.6 is 0 Å². The van der Waals surface area contributed by atoms with E-state index in [1.807, 2.05) is 20.8 Å². The van der Waals surface area contributed by atoms with Crippen LogP contribution in [0.2, 0.25) is 0 Å². The Morgan fingerprint density at radius 1 is 1.28 bits per heavy atom. The molecule has 0 aromatic rings. The average molecular weight is 251 g/mol. The summed E-state index contributed by atoms with van der Waals surface area (Å²) in [5, 5.41) is 9.36. The molecule has 2 heterocycles. The first-order valence-electron chi connectivity index (χ1n) is 6.51. The van der Waals surface area contributed by atoms with Crippen LogP contribution in [0.1, 0.15) is 33.6 Å². The lowest BCUT2D eigenvalue weighted by Crippen LogP contribution is -2.70. The Kier molecular flexibility index (Phi) is 3.24. The van der Waals surface area contributed by atoms with E-state index in [1.54, 1.807) is 4.90 Å². The highest BCUT2D eigenvalue weighted by Crippen LogP contribution is 2.31. The van der Waals surface area contributed by atoms with Gasteiger partial charge in [-0.25, -0.2) is 4.79 Å². The van der Waals surface area contributed by atoms with Crippen molar-refractivity contribution in [1.82, 2.24) is 9.80 Å². The van der Waals surface area contributed by atoms with Crippen molar-refractivity contribution in [2.75, 3.05) is 26.2 Å². The minimum atomic E-state index is -0.477. The first kappa shape index (κ1) is 13.2. The molecule has 2 fully saturated rings. The zero-order valence-corrected chi connectivity index (χ0v) is 11.4. The van der Waals surface area contributed by atoms with E-state index in [1.165, 1.54) is 0 Å². The molecule has 0 unspecified atom stereocenters. The van der Waals surface area contributed by atoms with E-state index in [2.05, 4.69) is 11.0 Å². The molecule has 0 aromatic heterocycles. The number of nitrogens with zero attached hydrogens (tertiary/aromatic N) is 3. The summed E-state index contributed by atoms with van der Waals surface area (Å²) in [6.07, 6.45) is 1.98. The third-order valence-corrected chi connectivity index (χ3v) is 3.48. The molecule has 0 radical (unpaired) electrons. The van der Waals surface area contributed by atoms with E-state index in [9.17, 15) is 10.1 Å². The fourth-order valence-corrected chi connectivity index (χ4v) is 2.53. The van der Waals surface area contributed by atoms with E-state index < -0.39 is 11.1 Å². The Balaban J connectivity index is 1.92. The van der Waals surface area contributed by atoms with Gasteiger partial charge in [0, 0.05) is 0 Å². The van der Waals surface area contributed by atoms with Gasteiger partial charge in [-0.2, -0.15) is 5.26 Å². The van der Waals surface area contributed by atoms with E-state index in [0.717, 1.165) is 25.9 Å². The Bertz CT molecular complexity index is 369. The number of likely N-dealkylation sites (tertiary alicyclic amines) is 2. The number of rotatable bonds is 1. The van der Waals surface area contributed by atoms with Gasteiger partial charge in [-0.05, 0) is 46.7 Å². The summed E-state index contributed by atoms with van der Waals surface area (Å²) in [5.41, 5.74) is -0.941. The molecule has 2 aliphatic heterocycles. The van der Waals surface area contributed by atoms with Gasteiger partial charge in [-0.15, -0.1) is 0 Å². The number of hydrogen-bond acceptors (Lipinski definition) is 4. The minimum Gasteiger partial charge on any atom is -0.444 e. The lowest BCUT2D eigenvalue weighted by Gasteiger charge is -2.50. The molecule has 0 bridgehead atoms. The molecule has 0 saturated carbocycles. The predicted octanol–water partition coefficient (Wildman–Crippen LogP) is 1.60. The zero-order valence-electron chi connectivity index (χ0n) is 11.4. The SMILES string of the molecule is CC(C)(C)OC(=O)N1CC(C#N)(N2CCCC2)C1. The highest BCUT2D eigenvalue weighted by Gasteiger charge is 2.51. The molecule has 0 aromatic carbocycles. The van der Waals surface area contributed by atoms with Crippen LogP contribution in [-0.4, -0.2) is 53.2 Å². The van der Waals surface area contributed by atoms with Crippen LogP contribution in [0.4, 0.5) is 4.79 Å². The van der Waals surface area contributed by atoms with Crippen molar-refractivity contribution in [3.63, 3.8) is 0 Å². The summed E-state index contributed by atoms with van der Waals surface area (Å²) in [4.78, 5) is 15.7. The summed E-state index contributed by atoms with van der Waals surface area (Å²) in [6.45, 7) is 8.43. The van der Waals surface area contributed by atoms with Crippen molar-refractivity contribution in [3.05, 3.63) is 0 Å². The molecule has 2 rings (SSSR count). The summed E-state index contributed by atoms with van der Waals surface area (Å²) >= 11 is 0. The van der Waals surface area contributed by atoms with Crippen LogP contribution in [-0.2, 0) is 4.74 Å². The summed E-state index contributed by atoms with van der Waals surface area (Å²) in [5.74, 6) is 0. The fraction of sp³-hybridized carbons (Fsp3) is 0.846. The second-order valence-electron chi connectivity index (χ2n) is 6.17. The number of ether oxygens (including phenoxy) is 1. The molecule has 2 aliphatic rings. The maximum Gasteiger partial charge on any atom is 0.410 e. The standard InChI is InChI=1S/C13H21N3O2/c1-12(2,3)18-11(17)15-9-13(8-14,10-15)16-6-4-5-7-16/h4-7,9-10H2,1-3H3. The molecule has 0 aliphatic carbocycles. The fourth-order valence-electron chi connectivity index (χ4n) is 2.53. The Morgan fingerprint density at radius 2 is 1.83 bits per heavy atom. The maximum absolute atomic E-state index is 11.8. The van der Waals surface area contributed by atoms with E-state index in [4.69, 9.17) is 4.74 Å². The smallest absolute Gasteiger partial charge is 0.410 e. The van der Waals surface area contributed by atoms with Gasteiger partial charge >= 0.3 is 6.09 Å². The highest BCUT2D eigenvalue weighted by atomic mass is 16.6. The largest absolute Gasteiger partial charge is 0.444 e. The summed E-state index contributed by atoms with van der Waals surface area (Å²) in [7, 11) is 0. The number of nitriles is 1. The van der Waals surface area contributed by atoms with E-state index in [0.29, 0.717) is 13.1 Å². The number of hydrogen-bond donors (Lipinski definition) is 0. The molecule has 18 heavy (non-hydrogen) atoms. The van der Waals surface area contributed by atoms with Gasteiger partial charge < -0.3 is 9.64 Å². The molecular weight excluding hydrogens is 230 g/mol. The van der Waals surface area contributed by atoms with Crippen molar-refractivity contribution >= 4 is 6.09 Å². The second kappa shape index (κ2) is 4.43. The summed E-state index contributed by atoms with van der Waals surface area (Å²) < 4.78 is 5.30. The monoisotopic (exact) mass is 251 g/mol. The minimum absolute atomic E-state index is 0.312. The van der Waals surface area contributed by atoms with Crippen LogP contribution in [0.5, 0.6) is 0 Å². The lowest BCUT2D eigenvalue weighted by atomic mass is 9.90. The Labute approximate surface area is 108 Å². The second-order valence-corrected chi connectivity index (χ2v) is 6.17. The van der Waals surface area contributed by atoms with Crippen LogP contribution in [0.3, 0.4) is 0 Å². The Morgan fingerprint density at radius 3 is 2.28 bits per heavy atom. The van der Waals surface area contributed by atoms with Crippen LogP contribution in [0.15, 0.2) is 0 Å². The molecule has 100 valence electrons. The Hall–Kier alpha value is -1.28. The predicted molar refractivity (Wildman–Crippen MR) is 67.0 cm³/mol. The molecule has 0 atom stereocenters. The lowest BCUT2D eigenvalue weighted by molar-refractivity contribution is -0.0333. The molecule has 5 heteroatoms. The average Bonchev–Trinajstić information content (AvgIpc) is 2.67. The van der Waals surface area contributed by atoms with E-state index in [-0.39, 0.29) is 6.09 Å². The normalized spacial score (nSPS) is 23.3. The number of carbonyl (C=O) groups is 1. The molecule has 0 N–H and O–H groups in total. The third-order valence-electron chi connectivity index (χ3n) is 3.48. The van der Waals surface area contributed by atoms with Gasteiger partial charge in [0.25, 0.3) is 0 Å². The molecule has 0 spiro atoms. The maximum atomic E-state index is 11.8. The topological polar surface area (TPSA) is 56.6 Å². The van der Waals surface area contributed by atoms with Gasteiger partial charge in [0.15, 0.2) is 0 Å². The van der Waals surface area contributed by atoms with Gasteiger partial charge in [0.2, 0.25) is 0 Å². The molecular formula is C13H21N3O2. The van der Waals surface area contributed by atoms with Crippen LogP contribution in [0, 0.1) is 11.3 Å². The third kappa shape index (κ3) is 2.44. The van der Waals surface area contributed by atoms with Gasteiger partial charge in [0.05, 0.1) is 19.2 Å². The van der Waals surface area contributed by atoms with Gasteiger partial charge in [0.1, 0.15) is 11.1 Å². The van der Waals surface area contributed by atoms with E-state index >= 15 is 0 Å². The first-order valence-corrected chi connectivity index (χ1v) is 6.51.